The van der Waals surface area contributed by atoms with E-state index in [4.69, 9.17) is 9.47 Å². The molecule has 1 heterocycles. The van der Waals surface area contributed by atoms with Crippen LogP contribution in [0.3, 0.4) is 0 Å². The van der Waals surface area contributed by atoms with Crippen LogP contribution in [0.4, 0.5) is 10.1 Å². The van der Waals surface area contributed by atoms with Crippen molar-refractivity contribution in [3.8, 4) is 11.5 Å². The van der Waals surface area contributed by atoms with E-state index in [1.165, 1.54) is 0 Å². The topological polar surface area (TPSA) is 90.7 Å². The number of nitro benzene ring substituents is 1. The van der Waals surface area contributed by atoms with Gasteiger partial charge in [0.1, 0.15) is 19.0 Å². The number of amides is 1. The Bertz CT molecular complexity index is 884. The number of ether oxygens (including phenoxy) is 2. The number of fused-ring (bicyclic) bond motifs is 1. The molecule has 7 nitrogen and oxygen atoms in total. The molecule has 0 aromatic heterocycles. The predicted octanol–water partition coefficient (Wildman–Crippen LogP) is 3.63. The molecule has 1 N–H and O–H groups in total. The van der Waals surface area contributed by atoms with Gasteiger partial charge in [0.25, 0.3) is 11.6 Å². The SMILES string of the molecule is CC(C)C(NC(=O)c1ccc([N+](=O)[O-])cc1F)c1ccc2c(c1)OCCO2. The van der Waals surface area contributed by atoms with Crippen LogP contribution in [0.15, 0.2) is 36.4 Å². The lowest BCUT2D eigenvalue weighted by Gasteiger charge is -2.25. The molecule has 27 heavy (non-hydrogen) atoms. The molecule has 2 aromatic rings. The summed E-state index contributed by atoms with van der Waals surface area (Å²) in [6.45, 7) is 4.78. The van der Waals surface area contributed by atoms with Crippen molar-refractivity contribution in [1.29, 1.82) is 0 Å². The molecule has 0 bridgehead atoms. The van der Waals surface area contributed by atoms with Gasteiger partial charge in [-0.2, -0.15) is 0 Å². The van der Waals surface area contributed by atoms with Crippen molar-refractivity contribution in [2.45, 2.75) is 19.9 Å². The molecule has 1 aliphatic rings. The van der Waals surface area contributed by atoms with Crippen molar-refractivity contribution in [3.05, 3.63) is 63.5 Å². The third-order valence-electron chi connectivity index (χ3n) is 4.29. The molecule has 0 fully saturated rings. The summed E-state index contributed by atoms with van der Waals surface area (Å²) in [5, 5.41) is 13.5. The Morgan fingerprint density at radius 2 is 1.85 bits per heavy atom. The Labute approximate surface area is 155 Å². The molecule has 1 unspecified atom stereocenters. The Hall–Kier alpha value is -3.16. The van der Waals surface area contributed by atoms with Crippen molar-refractivity contribution in [2.24, 2.45) is 5.92 Å². The lowest BCUT2D eigenvalue weighted by atomic mass is 9.95. The normalized spacial score (nSPS) is 13.9. The van der Waals surface area contributed by atoms with Gasteiger partial charge in [0.2, 0.25) is 0 Å². The first-order valence-electron chi connectivity index (χ1n) is 8.51. The number of hydrogen-bond donors (Lipinski definition) is 1. The van der Waals surface area contributed by atoms with Gasteiger partial charge < -0.3 is 14.8 Å². The zero-order chi connectivity index (χ0) is 19.6. The molecule has 8 heteroatoms. The fourth-order valence-electron chi connectivity index (χ4n) is 2.91. The number of hydrogen-bond acceptors (Lipinski definition) is 5. The average molecular weight is 374 g/mol. The van der Waals surface area contributed by atoms with Crippen LogP contribution in [0, 0.1) is 21.8 Å². The van der Waals surface area contributed by atoms with Gasteiger partial charge in [0.15, 0.2) is 11.5 Å². The standard InChI is InChI=1S/C19H19FN2O5/c1-11(2)18(12-3-6-16-17(9-12)27-8-7-26-16)21-19(23)14-5-4-13(22(24)25)10-15(14)20/h3-6,9-11,18H,7-8H2,1-2H3,(H,21,23). The van der Waals surface area contributed by atoms with Crippen molar-refractivity contribution in [1.82, 2.24) is 5.32 Å². The molecule has 0 radical (unpaired) electrons. The first-order chi connectivity index (χ1) is 12.9. The van der Waals surface area contributed by atoms with Crippen molar-refractivity contribution >= 4 is 11.6 Å². The molecule has 142 valence electrons. The second-order valence-corrected chi connectivity index (χ2v) is 6.52. The molecular weight excluding hydrogens is 355 g/mol. The third-order valence-corrected chi connectivity index (χ3v) is 4.29. The van der Waals surface area contributed by atoms with Crippen LogP contribution in [-0.2, 0) is 0 Å². The second-order valence-electron chi connectivity index (χ2n) is 6.52. The maximum absolute atomic E-state index is 14.1. The summed E-state index contributed by atoms with van der Waals surface area (Å²) in [6.07, 6.45) is 0. The highest BCUT2D eigenvalue weighted by atomic mass is 19.1. The lowest BCUT2D eigenvalue weighted by molar-refractivity contribution is -0.385. The van der Waals surface area contributed by atoms with Gasteiger partial charge in [-0.1, -0.05) is 19.9 Å². The van der Waals surface area contributed by atoms with Gasteiger partial charge in [-0.3, -0.25) is 14.9 Å². The van der Waals surface area contributed by atoms with E-state index in [1.807, 2.05) is 19.9 Å². The van der Waals surface area contributed by atoms with Gasteiger partial charge in [-0.15, -0.1) is 0 Å². The van der Waals surface area contributed by atoms with Gasteiger partial charge >= 0.3 is 0 Å². The van der Waals surface area contributed by atoms with Gasteiger partial charge in [0.05, 0.1) is 22.6 Å². The van der Waals surface area contributed by atoms with Gasteiger partial charge in [0, 0.05) is 6.07 Å². The quantitative estimate of drug-likeness (QED) is 0.637. The van der Waals surface area contributed by atoms with Crippen LogP contribution < -0.4 is 14.8 Å². The maximum Gasteiger partial charge on any atom is 0.272 e. The Balaban J connectivity index is 1.84. The smallest absolute Gasteiger partial charge is 0.272 e. The molecule has 0 saturated heterocycles. The van der Waals surface area contributed by atoms with E-state index in [0.717, 1.165) is 23.8 Å². The zero-order valence-electron chi connectivity index (χ0n) is 14.9. The fraction of sp³-hybridized carbons (Fsp3) is 0.316. The van der Waals surface area contributed by atoms with E-state index >= 15 is 0 Å². The molecule has 0 aliphatic carbocycles. The number of carbonyl (C=O) groups excluding carboxylic acids is 1. The van der Waals surface area contributed by atoms with E-state index in [1.54, 1.807) is 12.1 Å². The van der Waals surface area contributed by atoms with E-state index in [2.05, 4.69) is 5.32 Å². The molecule has 0 saturated carbocycles. The lowest BCUT2D eigenvalue weighted by Crippen LogP contribution is -2.32. The van der Waals surface area contributed by atoms with E-state index in [-0.39, 0.29) is 11.5 Å². The van der Waals surface area contributed by atoms with Crippen LogP contribution in [0.2, 0.25) is 0 Å². The van der Waals surface area contributed by atoms with Crippen LogP contribution in [0.1, 0.15) is 35.8 Å². The number of non-ortho nitro benzene ring substituents is 1. The van der Waals surface area contributed by atoms with Crippen LogP contribution >= 0.6 is 0 Å². The number of nitro groups is 1. The molecular formula is C19H19FN2O5. The largest absolute Gasteiger partial charge is 0.486 e. The number of benzene rings is 2. The van der Waals surface area contributed by atoms with E-state index in [9.17, 15) is 19.3 Å². The summed E-state index contributed by atoms with van der Waals surface area (Å²) in [4.78, 5) is 22.6. The minimum Gasteiger partial charge on any atom is -0.486 e. The molecule has 1 aliphatic heterocycles. The first-order valence-corrected chi connectivity index (χ1v) is 8.51. The number of nitrogens with zero attached hydrogens (tertiary/aromatic N) is 1. The van der Waals surface area contributed by atoms with Crippen molar-refractivity contribution in [3.63, 3.8) is 0 Å². The Kier molecular flexibility index (Phi) is 5.25. The number of halogens is 1. The summed E-state index contributed by atoms with van der Waals surface area (Å²) < 4.78 is 25.2. The van der Waals surface area contributed by atoms with Gasteiger partial charge in [-0.05, 0) is 29.7 Å². The molecule has 3 rings (SSSR count). The average Bonchev–Trinajstić information content (AvgIpc) is 2.65. The van der Waals surface area contributed by atoms with Crippen LogP contribution in [0.5, 0.6) is 11.5 Å². The highest BCUT2D eigenvalue weighted by Crippen LogP contribution is 2.34. The fourth-order valence-corrected chi connectivity index (χ4v) is 2.91. The summed E-state index contributed by atoms with van der Waals surface area (Å²) in [5.74, 6) is -0.333. The minimum absolute atomic E-state index is 0.0117. The first kappa shape index (κ1) is 18.6. The highest BCUT2D eigenvalue weighted by Gasteiger charge is 2.24. The number of nitrogens with one attached hydrogen (secondary N) is 1. The highest BCUT2D eigenvalue weighted by molar-refractivity contribution is 5.95. The summed E-state index contributed by atoms with van der Waals surface area (Å²) in [5.41, 5.74) is 0.144. The monoisotopic (exact) mass is 374 g/mol. The van der Waals surface area contributed by atoms with Crippen LogP contribution in [0.25, 0.3) is 0 Å². The van der Waals surface area contributed by atoms with Crippen molar-refractivity contribution in [2.75, 3.05) is 13.2 Å². The summed E-state index contributed by atoms with van der Waals surface area (Å²) in [6, 6.07) is 7.96. The summed E-state index contributed by atoms with van der Waals surface area (Å²) >= 11 is 0. The van der Waals surface area contributed by atoms with Gasteiger partial charge in [-0.25, -0.2) is 4.39 Å². The number of rotatable bonds is 5. The molecule has 0 spiro atoms. The number of carbonyl (C=O) groups is 1. The van der Waals surface area contributed by atoms with Crippen molar-refractivity contribution < 1.29 is 23.6 Å². The molecule has 1 amide bonds. The zero-order valence-corrected chi connectivity index (χ0v) is 14.9. The minimum atomic E-state index is -0.939. The predicted molar refractivity (Wildman–Crippen MR) is 95.5 cm³/mol. The van der Waals surface area contributed by atoms with E-state index in [0.29, 0.717) is 24.7 Å². The van der Waals surface area contributed by atoms with Crippen LogP contribution in [-0.4, -0.2) is 24.0 Å². The Morgan fingerprint density at radius 3 is 2.48 bits per heavy atom. The Morgan fingerprint density at radius 1 is 1.15 bits per heavy atom. The van der Waals surface area contributed by atoms with E-state index < -0.39 is 28.4 Å². The molecule has 1 atom stereocenters. The second kappa shape index (κ2) is 7.61. The third kappa shape index (κ3) is 3.99. The summed E-state index contributed by atoms with van der Waals surface area (Å²) in [7, 11) is 0. The molecule has 2 aromatic carbocycles. The maximum atomic E-state index is 14.1.